The number of piperazine rings is 1. The number of aryl methyl sites for hydroxylation is 1. The Hall–Kier alpha value is -2.54. The highest BCUT2D eigenvalue weighted by Gasteiger charge is 2.15. The molecule has 0 aliphatic carbocycles. The summed E-state index contributed by atoms with van der Waals surface area (Å²) in [7, 11) is 0. The van der Waals surface area contributed by atoms with Gasteiger partial charge in [0.25, 0.3) is 0 Å². The quantitative estimate of drug-likeness (QED) is 0.454. The zero-order valence-electron chi connectivity index (χ0n) is 16.6. The van der Waals surface area contributed by atoms with Gasteiger partial charge in [0.15, 0.2) is 0 Å². The van der Waals surface area contributed by atoms with Crippen LogP contribution in [0.5, 0.6) is 0 Å². The maximum Gasteiger partial charge on any atom is 0.0579 e. The van der Waals surface area contributed by atoms with Crippen LogP contribution in [0.1, 0.15) is 13.3 Å². The second-order valence-electron chi connectivity index (χ2n) is 7.33. The summed E-state index contributed by atoms with van der Waals surface area (Å²) >= 11 is 0. The number of hydrogen-bond donors (Lipinski definition) is 3. The molecule has 1 fully saturated rings. The zero-order valence-corrected chi connectivity index (χ0v) is 16.6. The van der Waals surface area contributed by atoms with Crippen molar-refractivity contribution in [2.24, 2.45) is 11.6 Å². The van der Waals surface area contributed by atoms with Gasteiger partial charge in [-0.05, 0) is 31.2 Å². The van der Waals surface area contributed by atoms with Gasteiger partial charge in [0, 0.05) is 73.7 Å². The third kappa shape index (κ3) is 3.46. The number of nitrogens with two attached hydrogens (primary N) is 2. The summed E-state index contributed by atoms with van der Waals surface area (Å²) < 4.78 is 2.35. The van der Waals surface area contributed by atoms with Crippen LogP contribution >= 0.6 is 0 Å². The van der Waals surface area contributed by atoms with Crippen LogP contribution in [-0.2, 0) is 6.54 Å². The lowest BCUT2D eigenvalue weighted by molar-refractivity contribution is 0.243. The number of hydrazine groups is 1. The van der Waals surface area contributed by atoms with Crippen LogP contribution in [-0.4, -0.2) is 42.2 Å². The molecule has 5 N–H and O–H groups in total. The highest BCUT2D eigenvalue weighted by molar-refractivity contribution is 6.09. The van der Waals surface area contributed by atoms with Crippen molar-refractivity contribution < 1.29 is 0 Å². The molecule has 1 aromatic heterocycles. The van der Waals surface area contributed by atoms with Crippen LogP contribution in [0, 0.1) is 0 Å². The molecule has 0 bridgehead atoms. The molecule has 6 nitrogen and oxygen atoms in total. The summed E-state index contributed by atoms with van der Waals surface area (Å²) in [6.45, 7) is 8.33. The fraction of sp³-hybridized carbons (Fsp3) is 0.364. The number of para-hydroxylation sites is 1. The Kier molecular flexibility index (Phi) is 5.52. The van der Waals surface area contributed by atoms with Crippen molar-refractivity contribution in [3.63, 3.8) is 0 Å². The van der Waals surface area contributed by atoms with E-state index in [1.807, 2.05) is 0 Å². The molecule has 4 rings (SSSR count). The summed E-state index contributed by atoms with van der Waals surface area (Å²) in [5.41, 5.74) is 10.3. The van der Waals surface area contributed by atoms with E-state index < -0.39 is 0 Å². The number of nitrogens with zero attached hydrogens (tertiary/aromatic N) is 3. The van der Waals surface area contributed by atoms with Gasteiger partial charge >= 0.3 is 0 Å². The predicted octanol–water partition coefficient (Wildman–Crippen LogP) is 2.59. The molecular formula is C22H30N6. The molecule has 0 amide bonds. The largest absolute Gasteiger partial charge is 0.403 e. The molecule has 0 unspecified atom stereocenters. The van der Waals surface area contributed by atoms with Gasteiger partial charge in [0.1, 0.15) is 0 Å². The third-order valence-electron chi connectivity index (χ3n) is 5.75. The topological polar surface area (TPSA) is 75.5 Å². The van der Waals surface area contributed by atoms with Crippen molar-refractivity contribution in [1.82, 2.24) is 14.8 Å². The molecule has 1 aliphatic heterocycles. The molecule has 1 saturated heterocycles. The normalized spacial score (nSPS) is 16.1. The van der Waals surface area contributed by atoms with Crippen LogP contribution in [0.2, 0.25) is 0 Å². The molecule has 3 aromatic rings. The fourth-order valence-electron chi connectivity index (χ4n) is 4.19. The van der Waals surface area contributed by atoms with Gasteiger partial charge in [-0.1, -0.05) is 18.2 Å². The Morgan fingerprint density at radius 2 is 1.86 bits per heavy atom. The van der Waals surface area contributed by atoms with Gasteiger partial charge in [-0.2, -0.15) is 0 Å². The highest BCUT2D eigenvalue weighted by Crippen LogP contribution is 2.32. The van der Waals surface area contributed by atoms with E-state index in [4.69, 9.17) is 11.6 Å². The molecule has 0 atom stereocenters. The van der Waals surface area contributed by atoms with Crippen molar-refractivity contribution in [1.29, 1.82) is 0 Å². The number of rotatable bonds is 6. The molecule has 28 heavy (non-hydrogen) atoms. The highest BCUT2D eigenvalue weighted by atomic mass is 15.4. The predicted molar refractivity (Wildman–Crippen MR) is 118 cm³/mol. The lowest BCUT2D eigenvalue weighted by Gasteiger charge is -2.29. The number of hydrogen-bond acceptors (Lipinski definition) is 5. The summed E-state index contributed by atoms with van der Waals surface area (Å²) in [5.74, 6) is 6.49. The van der Waals surface area contributed by atoms with Crippen molar-refractivity contribution in [2.75, 3.05) is 37.7 Å². The first-order chi connectivity index (χ1) is 13.7. The standard InChI is InChI=1S/C22H30N6/c1-2-27-21-6-4-3-5-19(21)20-15-17(7-8-22(20)27)28(24)18(16-23)9-12-26-13-10-25-11-14-26/h3-8,15-16,25H,2,9-14,23-24H2,1H3/b18-16-. The van der Waals surface area contributed by atoms with E-state index in [9.17, 15) is 0 Å². The van der Waals surface area contributed by atoms with E-state index >= 15 is 0 Å². The van der Waals surface area contributed by atoms with Gasteiger partial charge in [0.05, 0.1) is 11.4 Å². The average Bonchev–Trinajstić information content (AvgIpc) is 3.07. The van der Waals surface area contributed by atoms with Crippen molar-refractivity contribution in [3.8, 4) is 0 Å². The van der Waals surface area contributed by atoms with Crippen molar-refractivity contribution in [3.05, 3.63) is 54.4 Å². The first-order valence-electron chi connectivity index (χ1n) is 10.1. The third-order valence-corrected chi connectivity index (χ3v) is 5.75. The SMILES string of the molecule is CCn1c2ccccc2c2cc(N(N)/C(=C\N)CCN3CCNCC3)ccc21. The van der Waals surface area contributed by atoms with Crippen LogP contribution in [0.4, 0.5) is 5.69 Å². The molecule has 6 heteroatoms. The Bertz CT molecular complexity index is 983. The Morgan fingerprint density at radius 3 is 2.61 bits per heavy atom. The molecule has 2 aromatic carbocycles. The smallest absolute Gasteiger partial charge is 0.0579 e. The van der Waals surface area contributed by atoms with Crippen molar-refractivity contribution in [2.45, 2.75) is 19.9 Å². The molecule has 2 heterocycles. The zero-order chi connectivity index (χ0) is 19.5. The van der Waals surface area contributed by atoms with E-state index in [-0.39, 0.29) is 0 Å². The maximum atomic E-state index is 6.49. The minimum Gasteiger partial charge on any atom is -0.403 e. The van der Waals surface area contributed by atoms with Gasteiger partial charge in [-0.15, -0.1) is 0 Å². The minimum atomic E-state index is 0.835. The Morgan fingerprint density at radius 1 is 1.11 bits per heavy atom. The van der Waals surface area contributed by atoms with Crippen LogP contribution in [0.15, 0.2) is 54.4 Å². The number of fused-ring (bicyclic) bond motifs is 3. The van der Waals surface area contributed by atoms with Crippen LogP contribution < -0.4 is 21.9 Å². The van der Waals surface area contributed by atoms with E-state index in [0.29, 0.717) is 0 Å². The van der Waals surface area contributed by atoms with Crippen LogP contribution in [0.25, 0.3) is 21.8 Å². The number of aromatic nitrogens is 1. The lowest BCUT2D eigenvalue weighted by Crippen LogP contribution is -2.44. The average molecular weight is 379 g/mol. The first kappa shape index (κ1) is 18.8. The molecule has 1 aliphatic rings. The molecular weight excluding hydrogens is 348 g/mol. The van der Waals surface area contributed by atoms with E-state index in [1.54, 1.807) is 11.2 Å². The van der Waals surface area contributed by atoms with Gasteiger partial charge in [0.2, 0.25) is 0 Å². The molecule has 0 saturated carbocycles. The van der Waals surface area contributed by atoms with Gasteiger partial charge < -0.3 is 20.5 Å². The molecule has 0 radical (unpaired) electrons. The number of nitrogens with one attached hydrogen (secondary N) is 1. The van der Waals surface area contributed by atoms with E-state index in [0.717, 1.165) is 57.1 Å². The minimum absolute atomic E-state index is 0.835. The second-order valence-corrected chi connectivity index (χ2v) is 7.33. The Labute approximate surface area is 166 Å². The summed E-state index contributed by atoms with van der Waals surface area (Å²) in [6, 6.07) is 15.0. The summed E-state index contributed by atoms with van der Waals surface area (Å²) in [6.07, 6.45) is 2.48. The lowest BCUT2D eigenvalue weighted by atomic mass is 10.1. The monoisotopic (exact) mass is 378 g/mol. The van der Waals surface area contributed by atoms with E-state index in [2.05, 4.69) is 64.2 Å². The first-order valence-corrected chi connectivity index (χ1v) is 10.1. The summed E-state index contributed by atoms with van der Waals surface area (Å²) in [5, 5.41) is 7.60. The van der Waals surface area contributed by atoms with E-state index in [1.165, 1.54) is 21.8 Å². The second kappa shape index (κ2) is 8.22. The maximum absolute atomic E-state index is 6.49. The van der Waals surface area contributed by atoms with Gasteiger partial charge in [-0.3, -0.25) is 5.01 Å². The number of benzene rings is 2. The van der Waals surface area contributed by atoms with Gasteiger partial charge in [-0.25, -0.2) is 5.84 Å². The molecule has 148 valence electrons. The molecule has 0 spiro atoms. The number of anilines is 1. The fourth-order valence-corrected chi connectivity index (χ4v) is 4.19. The van der Waals surface area contributed by atoms with Crippen LogP contribution in [0.3, 0.4) is 0 Å². The summed E-state index contributed by atoms with van der Waals surface area (Å²) in [4.78, 5) is 2.45. The Balaban J connectivity index is 1.61. The van der Waals surface area contributed by atoms with Crippen molar-refractivity contribution >= 4 is 27.5 Å².